The predicted molar refractivity (Wildman–Crippen MR) is 112 cm³/mol. The SMILES string of the molecule is CC(=O)Nc1cccc(NC(=O)c2ccnc(C(=O)Nc3ccccc3C#N)c2)c1. The van der Waals surface area contributed by atoms with Gasteiger partial charge in [0, 0.05) is 30.1 Å². The predicted octanol–water partition coefficient (Wildman–Crippen LogP) is 3.42. The van der Waals surface area contributed by atoms with Crippen LogP contribution < -0.4 is 16.0 Å². The number of hydrogen-bond acceptors (Lipinski definition) is 5. The molecule has 0 saturated heterocycles. The molecule has 0 bridgehead atoms. The maximum absolute atomic E-state index is 12.6. The fraction of sp³-hybridized carbons (Fsp3) is 0.0455. The Morgan fingerprint density at radius 3 is 2.33 bits per heavy atom. The van der Waals surface area contributed by atoms with Crippen LogP contribution in [-0.4, -0.2) is 22.7 Å². The molecule has 0 radical (unpaired) electrons. The van der Waals surface area contributed by atoms with Gasteiger partial charge in [0.2, 0.25) is 5.91 Å². The van der Waals surface area contributed by atoms with E-state index in [2.05, 4.69) is 20.9 Å². The fourth-order valence-electron chi connectivity index (χ4n) is 2.65. The van der Waals surface area contributed by atoms with E-state index in [1.54, 1.807) is 48.5 Å². The van der Waals surface area contributed by atoms with Crippen LogP contribution in [0.2, 0.25) is 0 Å². The smallest absolute Gasteiger partial charge is 0.274 e. The number of para-hydroxylation sites is 1. The quantitative estimate of drug-likeness (QED) is 0.606. The molecule has 3 rings (SSSR count). The molecule has 0 aliphatic rings. The second-order valence-corrected chi connectivity index (χ2v) is 6.26. The highest BCUT2D eigenvalue weighted by atomic mass is 16.2. The Labute approximate surface area is 172 Å². The summed E-state index contributed by atoms with van der Waals surface area (Å²) in [6.45, 7) is 1.39. The maximum Gasteiger partial charge on any atom is 0.274 e. The van der Waals surface area contributed by atoms with Crippen LogP contribution in [0.15, 0.2) is 66.9 Å². The highest BCUT2D eigenvalue weighted by molar-refractivity contribution is 6.08. The van der Waals surface area contributed by atoms with Crippen molar-refractivity contribution in [3.8, 4) is 6.07 Å². The van der Waals surface area contributed by atoms with Crippen LogP contribution in [0.25, 0.3) is 0 Å². The molecule has 0 aliphatic heterocycles. The van der Waals surface area contributed by atoms with Crippen LogP contribution in [0.3, 0.4) is 0 Å². The topological polar surface area (TPSA) is 124 Å². The summed E-state index contributed by atoms with van der Waals surface area (Å²) in [6, 6.07) is 18.1. The number of hydrogen-bond donors (Lipinski definition) is 3. The van der Waals surface area contributed by atoms with Crippen LogP contribution in [0, 0.1) is 11.3 Å². The molecule has 3 aromatic rings. The number of aromatic nitrogens is 1. The molecule has 1 heterocycles. The zero-order valence-electron chi connectivity index (χ0n) is 16.0. The van der Waals surface area contributed by atoms with Crippen molar-refractivity contribution in [2.45, 2.75) is 6.92 Å². The molecule has 2 aromatic carbocycles. The first-order chi connectivity index (χ1) is 14.5. The van der Waals surface area contributed by atoms with Gasteiger partial charge in [-0.2, -0.15) is 5.26 Å². The summed E-state index contributed by atoms with van der Waals surface area (Å²) >= 11 is 0. The van der Waals surface area contributed by atoms with Crippen molar-refractivity contribution in [1.82, 2.24) is 4.98 Å². The molecule has 30 heavy (non-hydrogen) atoms. The highest BCUT2D eigenvalue weighted by Crippen LogP contribution is 2.17. The lowest BCUT2D eigenvalue weighted by Gasteiger charge is -2.09. The minimum absolute atomic E-state index is 0.0300. The summed E-state index contributed by atoms with van der Waals surface area (Å²) in [5.74, 6) is -1.20. The van der Waals surface area contributed by atoms with E-state index in [0.29, 0.717) is 22.6 Å². The number of amides is 3. The minimum atomic E-state index is -0.542. The number of benzene rings is 2. The van der Waals surface area contributed by atoms with Gasteiger partial charge in [-0.05, 0) is 42.5 Å². The Bertz CT molecular complexity index is 1170. The average molecular weight is 399 g/mol. The zero-order valence-corrected chi connectivity index (χ0v) is 16.0. The molecule has 1 aromatic heterocycles. The largest absolute Gasteiger partial charge is 0.326 e. The molecule has 0 unspecified atom stereocenters. The lowest BCUT2D eigenvalue weighted by Crippen LogP contribution is -2.17. The number of nitrogens with zero attached hydrogens (tertiary/aromatic N) is 2. The molecule has 3 N–H and O–H groups in total. The van der Waals surface area contributed by atoms with Crippen molar-refractivity contribution in [2.24, 2.45) is 0 Å². The van der Waals surface area contributed by atoms with E-state index in [9.17, 15) is 14.4 Å². The van der Waals surface area contributed by atoms with Crippen molar-refractivity contribution >= 4 is 34.8 Å². The lowest BCUT2D eigenvalue weighted by molar-refractivity contribution is -0.114. The fourth-order valence-corrected chi connectivity index (χ4v) is 2.65. The van der Waals surface area contributed by atoms with Crippen molar-refractivity contribution in [2.75, 3.05) is 16.0 Å². The van der Waals surface area contributed by atoms with Crippen molar-refractivity contribution < 1.29 is 14.4 Å². The standard InChI is InChI=1S/C22H17N5O3/c1-14(28)25-17-6-4-7-18(12-17)26-21(29)15-9-10-24-20(11-15)22(30)27-19-8-3-2-5-16(19)13-23/h2-12H,1H3,(H,25,28)(H,26,29)(H,27,30). The third-order valence-corrected chi connectivity index (χ3v) is 3.99. The third kappa shape index (κ3) is 5.05. The Morgan fingerprint density at radius 1 is 0.867 bits per heavy atom. The zero-order chi connectivity index (χ0) is 21.5. The van der Waals surface area contributed by atoms with E-state index in [4.69, 9.17) is 5.26 Å². The first kappa shape index (κ1) is 20.2. The minimum Gasteiger partial charge on any atom is -0.326 e. The van der Waals surface area contributed by atoms with Gasteiger partial charge in [0.1, 0.15) is 11.8 Å². The molecule has 0 saturated carbocycles. The molecule has 0 fully saturated rings. The van der Waals surface area contributed by atoms with Gasteiger partial charge >= 0.3 is 0 Å². The number of carbonyl (C=O) groups is 3. The van der Waals surface area contributed by atoms with E-state index >= 15 is 0 Å². The average Bonchev–Trinajstić information content (AvgIpc) is 2.74. The van der Waals surface area contributed by atoms with Gasteiger partial charge in [0.15, 0.2) is 0 Å². The second-order valence-electron chi connectivity index (χ2n) is 6.26. The number of carbonyl (C=O) groups excluding carboxylic acids is 3. The van der Waals surface area contributed by atoms with E-state index in [1.165, 1.54) is 25.3 Å². The Morgan fingerprint density at radius 2 is 1.60 bits per heavy atom. The van der Waals surface area contributed by atoms with Crippen LogP contribution in [0.1, 0.15) is 33.3 Å². The van der Waals surface area contributed by atoms with Gasteiger partial charge in [0.25, 0.3) is 11.8 Å². The molecule has 0 aliphatic carbocycles. The number of rotatable bonds is 5. The van der Waals surface area contributed by atoms with Gasteiger partial charge < -0.3 is 16.0 Å². The molecular formula is C22H17N5O3. The number of nitrogens with one attached hydrogen (secondary N) is 3. The van der Waals surface area contributed by atoms with E-state index in [0.717, 1.165) is 0 Å². The summed E-state index contributed by atoms with van der Waals surface area (Å²) in [6.07, 6.45) is 1.35. The molecule has 3 amide bonds. The van der Waals surface area contributed by atoms with Crippen LogP contribution in [0.4, 0.5) is 17.1 Å². The van der Waals surface area contributed by atoms with Crippen LogP contribution >= 0.6 is 0 Å². The normalized spacial score (nSPS) is 9.87. The van der Waals surface area contributed by atoms with Gasteiger partial charge in [-0.25, -0.2) is 0 Å². The van der Waals surface area contributed by atoms with Crippen LogP contribution in [-0.2, 0) is 4.79 Å². The van der Waals surface area contributed by atoms with Gasteiger partial charge in [-0.3, -0.25) is 19.4 Å². The second kappa shape index (κ2) is 9.12. The monoisotopic (exact) mass is 399 g/mol. The number of nitriles is 1. The molecule has 0 spiro atoms. The maximum atomic E-state index is 12.6. The number of pyridine rings is 1. The summed E-state index contributed by atoms with van der Waals surface area (Å²) < 4.78 is 0. The summed E-state index contributed by atoms with van der Waals surface area (Å²) in [4.78, 5) is 40.3. The Balaban J connectivity index is 1.75. The van der Waals surface area contributed by atoms with Crippen LogP contribution in [0.5, 0.6) is 0 Å². The highest BCUT2D eigenvalue weighted by Gasteiger charge is 2.14. The first-order valence-electron chi connectivity index (χ1n) is 8.92. The van der Waals surface area contributed by atoms with E-state index in [1.807, 2.05) is 6.07 Å². The van der Waals surface area contributed by atoms with Crippen molar-refractivity contribution in [3.63, 3.8) is 0 Å². The Hall–Kier alpha value is -4.51. The van der Waals surface area contributed by atoms with Gasteiger partial charge in [-0.1, -0.05) is 18.2 Å². The first-order valence-corrected chi connectivity index (χ1v) is 8.92. The molecular weight excluding hydrogens is 382 g/mol. The summed E-state index contributed by atoms with van der Waals surface area (Å²) in [5.41, 5.74) is 1.97. The molecule has 148 valence electrons. The van der Waals surface area contributed by atoms with Gasteiger partial charge in [0.05, 0.1) is 11.3 Å². The number of anilines is 3. The third-order valence-electron chi connectivity index (χ3n) is 3.99. The molecule has 8 heteroatoms. The summed E-state index contributed by atoms with van der Waals surface area (Å²) in [5, 5.41) is 17.1. The van der Waals surface area contributed by atoms with Gasteiger partial charge in [-0.15, -0.1) is 0 Å². The van der Waals surface area contributed by atoms with Crippen molar-refractivity contribution in [3.05, 3.63) is 83.7 Å². The van der Waals surface area contributed by atoms with E-state index < -0.39 is 11.8 Å². The van der Waals surface area contributed by atoms with Crippen molar-refractivity contribution in [1.29, 1.82) is 5.26 Å². The van der Waals surface area contributed by atoms with E-state index in [-0.39, 0.29) is 17.2 Å². The molecule has 0 atom stereocenters. The summed E-state index contributed by atoms with van der Waals surface area (Å²) in [7, 11) is 0. The lowest BCUT2D eigenvalue weighted by atomic mass is 10.1. The Kier molecular flexibility index (Phi) is 6.15. The molecule has 8 nitrogen and oxygen atoms in total.